The Morgan fingerprint density at radius 3 is 2.71 bits per heavy atom. The number of imidazole rings is 1. The molecule has 1 aromatic carbocycles. The number of benzene rings is 1. The number of halogens is 2. The Balaban J connectivity index is 2.02. The number of hydrogen-bond acceptors (Lipinski definition) is 3. The lowest BCUT2D eigenvalue weighted by atomic mass is 10.0. The summed E-state index contributed by atoms with van der Waals surface area (Å²) in [6, 6.07) is 2.09. The van der Waals surface area contributed by atoms with Crippen molar-refractivity contribution in [2.75, 3.05) is 5.75 Å². The number of aromatic amines is 1. The third-order valence-corrected chi connectivity index (χ3v) is 4.08. The number of fused-ring (bicyclic) bond motifs is 1. The fourth-order valence-corrected chi connectivity index (χ4v) is 2.37. The van der Waals surface area contributed by atoms with Gasteiger partial charge in [0.2, 0.25) is 5.91 Å². The number of hydrogen-bond donors (Lipinski definition) is 2. The third-order valence-electron chi connectivity index (χ3n) is 3.20. The van der Waals surface area contributed by atoms with Gasteiger partial charge in [-0.05, 0) is 20.3 Å². The smallest absolute Gasteiger partial charge is 0.230 e. The molecule has 4 nitrogen and oxygen atoms in total. The zero-order valence-corrected chi connectivity index (χ0v) is 12.9. The molecule has 2 N–H and O–H groups in total. The van der Waals surface area contributed by atoms with Crippen molar-refractivity contribution in [3.05, 3.63) is 23.8 Å². The topological polar surface area (TPSA) is 57.8 Å². The molecular formula is C14H17F2N3OS. The van der Waals surface area contributed by atoms with Crippen LogP contribution >= 0.6 is 11.8 Å². The van der Waals surface area contributed by atoms with Crippen LogP contribution in [0.2, 0.25) is 0 Å². The van der Waals surface area contributed by atoms with E-state index in [0.717, 1.165) is 18.6 Å². The Labute approximate surface area is 125 Å². The minimum absolute atomic E-state index is 0.107. The summed E-state index contributed by atoms with van der Waals surface area (Å²) >= 11 is 1.19. The van der Waals surface area contributed by atoms with Crippen LogP contribution in [0.25, 0.3) is 11.0 Å². The highest BCUT2D eigenvalue weighted by Gasteiger charge is 2.18. The van der Waals surface area contributed by atoms with E-state index in [4.69, 9.17) is 0 Å². The molecule has 114 valence electrons. The summed E-state index contributed by atoms with van der Waals surface area (Å²) in [5.74, 6) is -1.78. The first-order chi connectivity index (χ1) is 9.80. The molecule has 0 saturated heterocycles. The van der Waals surface area contributed by atoms with E-state index in [9.17, 15) is 13.6 Å². The predicted octanol–water partition coefficient (Wildman–Crippen LogP) is 3.24. The van der Waals surface area contributed by atoms with Gasteiger partial charge in [-0.2, -0.15) is 0 Å². The van der Waals surface area contributed by atoms with E-state index in [-0.39, 0.29) is 17.2 Å². The molecule has 7 heteroatoms. The van der Waals surface area contributed by atoms with Crippen LogP contribution in [0.4, 0.5) is 8.78 Å². The maximum atomic E-state index is 13.1. The first-order valence-corrected chi connectivity index (χ1v) is 7.58. The minimum atomic E-state index is -0.937. The van der Waals surface area contributed by atoms with Crippen LogP contribution in [0.1, 0.15) is 27.2 Å². The normalized spacial score (nSPS) is 11.9. The highest BCUT2D eigenvalue weighted by molar-refractivity contribution is 7.99. The summed E-state index contributed by atoms with van der Waals surface area (Å²) in [7, 11) is 0. The molecule has 0 fully saturated rings. The van der Waals surface area contributed by atoms with Gasteiger partial charge in [0, 0.05) is 17.7 Å². The molecule has 0 aliphatic carbocycles. The van der Waals surface area contributed by atoms with Crippen molar-refractivity contribution in [2.45, 2.75) is 37.9 Å². The number of aromatic nitrogens is 2. The average Bonchev–Trinajstić information content (AvgIpc) is 2.78. The van der Waals surface area contributed by atoms with Crippen LogP contribution < -0.4 is 5.32 Å². The van der Waals surface area contributed by atoms with Crippen LogP contribution in [0.15, 0.2) is 17.3 Å². The second kappa shape index (κ2) is 6.01. The van der Waals surface area contributed by atoms with Gasteiger partial charge in [-0.15, -0.1) is 0 Å². The lowest BCUT2D eigenvalue weighted by Crippen LogP contribution is -2.43. The highest BCUT2D eigenvalue weighted by atomic mass is 32.2. The molecule has 0 unspecified atom stereocenters. The quantitative estimate of drug-likeness (QED) is 0.833. The number of H-pyrrole nitrogens is 1. The molecule has 0 atom stereocenters. The van der Waals surface area contributed by atoms with Gasteiger partial charge in [0.05, 0.1) is 16.8 Å². The molecule has 1 heterocycles. The first-order valence-electron chi connectivity index (χ1n) is 6.59. The molecule has 0 saturated carbocycles. The zero-order chi connectivity index (χ0) is 15.6. The number of carbonyl (C=O) groups is 1. The van der Waals surface area contributed by atoms with Gasteiger partial charge in [-0.3, -0.25) is 4.79 Å². The van der Waals surface area contributed by atoms with Crippen molar-refractivity contribution in [2.24, 2.45) is 0 Å². The molecule has 21 heavy (non-hydrogen) atoms. The van der Waals surface area contributed by atoms with E-state index < -0.39 is 11.6 Å². The lowest BCUT2D eigenvalue weighted by molar-refractivity contribution is -0.120. The molecule has 2 rings (SSSR count). The molecule has 2 aromatic rings. The summed E-state index contributed by atoms with van der Waals surface area (Å²) in [6.45, 7) is 5.89. The largest absolute Gasteiger partial charge is 0.351 e. The summed E-state index contributed by atoms with van der Waals surface area (Å²) in [6.07, 6.45) is 0.826. The second-order valence-electron chi connectivity index (χ2n) is 5.40. The molecular weight excluding hydrogens is 296 g/mol. The fraction of sp³-hybridized carbons (Fsp3) is 0.429. The van der Waals surface area contributed by atoms with Crippen molar-refractivity contribution in [3.8, 4) is 0 Å². The zero-order valence-electron chi connectivity index (χ0n) is 12.1. The molecule has 1 aromatic heterocycles. The number of thioether (sulfide) groups is 1. The Morgan fingerprint density at radius 1 is 1.38 bits per heavy atom. The Bertz CT molecular complexity index is 631. The van der Waals surface area contributed by atoms with E-state index in [2.05, 4.69) is 15.3 Å². The van der Waals surface area contributed by atoms with E-state index in [1.165, 1.54) is 11.8 Å². The highest BCUT2D eigenvalue weighted by Crippen LogP contribution is 2.21. The number of amides is 1. The predicted molar refractivity (Wildman–Crippen MR) is 79.2 cm³/mol. The van der Waals surface area contributed by atoms with Gasteiger partial charge in [0.1, 0.15) is 0 Å². The van der Waals surface area contributed by atoms with Crippen molar-refractivity contribution < 1.29 is 13.6 Å². The lowest BCUT2D eigenvalue weighted by Gasteiger charge is -2.24. The Hall–Kier alpha value is -1.63. The van der Waals surface area contributed by atoms with Crippen LogP contribution in [0.3, 0.4) is 0 Å². The summed E-state index contributed by atoms with van der Waals surface area (Å²) in [5.41, 5.74) is 0.494. The number of nitrogens with zero attached hydrogens (tertiary/aromatic N) is 1. The number of rotatable bonds is 5. The van der Waals surface area contributed by atoms with Crippen molar-refractivity contribution in [1.29, 1.82) is 0 Å². The summed E-state index contributed by atoms with van der Waals surface area (Å²) in [5, 5.41) is 3.36. The molecule has 0 spiro atoms. The monoisotopic (exact) mass is 313 g/mol. The molecule has 0 aliphatic rings. The van der Waals surface area contributed by atoms with Gasteiger partial charge in [0.15, 0.2) is 16.8 Å². The van der Waals surface area contributed by atoms with Crippen LogP contribution in [-0.4, -0.2) is 27.2 Å². The summed E-state index contributed by atoms with van der Waals surface area (Å²) < 4.78 is 26.2. The van der Waals surface area contributed by atoms with Gasteiger partial charge in [0.25, 0.3) is 0 Å². The van der Waals surface area contributed by atoms with Crippen molar-refractivity contribution in [3.63, 3.8) is 0 Å². The van der Waals surface area contributed by atoms with Gasteiger partial charge >= 0.3 is 0 Å². The second-order valence-corrected chi connectivity index (χ2v) is 6.36. The standard InChI is InChI=1S/C14H17F2N3OS/c1-4-14(2,3)19-12(20)7-21-13-17-10-5-8(15)9(16)6-11(10)18-13/h5-6H,4,7H2,1-3H3,(H,17,18)(H,19,20). The molecule has 0 radical (unpaired) electrons. The Morgan fingerprint density at radius 2 is 2.05 bits per heavy atom. The van der Waals surface area contributed by atoms with E-state index in [1.807, 2.05) is 20.8 Å². The SMILES string of the molecule is CCC(C)(C)NC(=O)CSc1nc2cc(F)c(F)cc2[nH]1. The van der Waals surface area contributed by atoms with Gasteiger partial charge in [-0.1, -0.05) is 18.7 Å². The maximum absolute atomic E-state index is 13.1. The third kappa shape index (κ3) is 3.93. The number of carbonyl (C=O) groups excluding carboxylic acids is 1. The van der Waals surface area contributed by atoms with Crippen LogP contribution in [0, 0.1) is 11.6 Å². The first kappa shape index (κ1) is 15.8. The average molecular weight is 313 g/mol. The van der Waals surface area contributed by atoms with Gasteiger partial charge < -0.3 is 10.3 Å². The van der Waals surface area contributed by atoms with Gasteiger partial charge in [-0.25, -0.2) is 13.8 Å². The molecule has 0 bridgehead atoms. The fourth-order valence-electron chi connectivity index (χ4n) is 1.69. The molecule has 0 aliphatic heterocycles. The minimum Gasteiger partial charge on any atom is -0.351 e. The number of nitrogens with one attached hydrogen (secondary N) is 2. The van der Waals surface area contributed by atoms with E-state index in [1.54, 1.807) is 0 Å². The van der Waals surface area contributed by atoms with E-state index >= 15 is 0 Å². The van der Waals surface area contributed by atoms with Crippen LogP contribution in [0.5, 0.6) is 0 Å². The Kier molecular flexibility index (Phi) is 4.51. The molecule has 1 amide bonds. The maximum Gasteiger partial charge on any atom is 0.230 e. The summed E-state index contributed by atoms with van der Waals surface area (Å²) in [4.78, 5) is 18.8. The van der Waals surface area contributed by atoms with Crippen molar-refractivity contribution in [1.82, 2.24) is 15.3 Å². The van der Waals surface area contributed by atoms with Crippen LogP contribution in [-0.2, 0) is 4.79 Å². The van der Waals surface area contributed by atoms with E-state index in [0.29, 0.717) is 16.2 Å². The van der Waals surface area contributed by atoms with Crippen molar-refractivity contribution >= 4 is 28.7 Å².